The molecule has 0 spiro atoms. The maximum Gasteiger partial charge on any atom is 0.121 e. The molecule has 0 saturated carbocycles. The summed E-state index contributed by atoms with van der Waals surface area (Å²) in [5.74, 6) is 0.160. The summed E-state index contributed by atoms with van der Waals surface area (Å²) >= 11 is 6.60. The highest BCUT2D eigenvalue weighted by molar-refractivity contribution is 9.13. The molecule has 72 valence electrons. The molecule has 1 aromatic carbocycles. The predicted octanol–water partition coefficient (Wildman–Crippen LogP) is 1.88. The number of nitrogens with two attached hydrogens (primary N) is 2. The minimum absolute atomic E-state index is 0.160. The van der Waals surface area contributed by atoms with Crippen LogP contribution in [-0.2, 0) is 0 Å². The van der Waals surface area contributed by atoms with Crippen molar-refractivity contribution in [3.05, 3.63) is 26.6 Å². The number of benzene rings is 1. The summed E-state index contributed by atoms with van der Waals surface area (Å²) in [7, 11) is 0. The van der Waals surface area contributed by atoms with Crippen molar-refractivity contribution in [1.82, 2.24) is 0 Å². The van der Waals surface area contributed by atoms with Gasteiger partial charge in [-0.3, -0.25) is 0 Å². The fraction of sp³-hybridized carbons (Fsp3) is 0.250. The number of hydrogen-bond acceptors (Lipinski definition) is 3. The zero-order chi connectivity index (χ0) is 10.0. The predicted molar refractivity (Wildman–Crippen MR) is 59.5 cm³/mol. The second kappa shape index (κ2) is 4.41. The second-order valence-electron chi connectivity index (χ2n) is 2.67. The standard InChI is InChI=1S/C8H10Br2N2O/c9-5-1-4(7(12)3-11)8(13)2-6(5)10/h1-2,7,13H,3,11-12H2/t7-/m1/s1. The summed E-state index contributed by atoms with van der Waals surface area (Å²) in [5.41, 5.74) is 11.7. The largest absolute Gasteiger partial charge is 0.508 e. The van der Waals surface area contributed by atoms with Crippen molar-refractivity contribution in [2.45, 2.75) is 6.04 Å². The number of aromatic hydroxyl groups is 1. The van der Waals surface area contributed by atoms with Crippen LogP contribution in [0.3, 0.4) is 0 Å². The van der Waals surface area contributed by atoms with Crippen LogP contribution in [0.1, 0.15) is 11.6 Å². The van der Waals surface area contributed by atoms with E-state index in [4.69, 9.17) is 11.5 Å². The van der Waals surface area contributed by atoms with Crippen LogP contribution >= 0.6 is 31.9 Å². The number of phenols is 1. The van der Waals surface area contributed by atoms with Gasteiger partial charge in [-0.15, -0.1) is 0 Å². The molecule has 0 aliphatic heterocycles. The number of phenolic OH excluding ortho intramolecular Hbond substituents is 1. The minimum atomic E-state index is -0.329. The fourth-order valence-corrected chi connectivity index (χ4v) is 1.67. The van der Waals surface area contributed by atoms with Crippen LogP contribution in [0.15, 0.2) is 21.1 Å². The zero-order valence-electron chi connectivity index (χ0n) is 6.80. The van der Waals surface area contributed by atoms with E-state index in [0.29, 0.717) is 12.1 Å². The van der Waals surface area contributed by atoms with Gasteiger partial charge >= 0.3 is 0 Å². The maximum atomic E-state index is 9.53. The van der Waals surface area contributed by atoms with Gasteiger partial charge < -0.3 is 16.6 Å². The van der Waals surface area contributed by atoms with E-state index >= 15 is 0 Å². The first-order valence-corrected chi connectivity index (χ1v) is 5.28. The second-order valence-corrected chi connectivity index (χ2v) is 4.38. The van der Waals surface area contributed by atoms with Gasteiger partial charge in [0.05, 0.1) is 0 Å². The first kappa shape index (κ1) is 11.0. The van der Waals surface area contributed by atoms with E-state index in [0.717, 1.165) is 8.95 Å². The van der Waals surface area contributed by atoms with Crippen molar-refractivity contribution < 1.29 is 5.11 Å². The number of hydrogen-bond donors (Lipinski definition) is 3. The molecule has 1 rings (SSSR count). The van der Waals surface area contributed by atoms with Crippen molar-refractivity contribution in [1.29, 1.82) is 0 Å². The van der Waals surface area contributed by atoms with Gasteiger partial charge in [0.25, 0.3) is 0 Å². The molecule has 0 amide bonds. The lowest BCUT2D eigenvalue weighted by Crippen LogP contribution is -2.20. The van der Waals surface area contributed by atoms with Crippen LogP contribution in [-0.4, -0.2) is 11.7 Å². The smallest absolute Gasteiger partial charge is 0.121 e. The third-order valence-electron chi connectivity index (χ3n) is 1.72. The van der Waals surface area contributed by atoms with Gasteiger partial charge in [-0.25, -0.2) is 0 Å². The Morgan fingerprint density at radius 2 is 1.85 bits per heavy atom. The first-order chi connectivity index (χ1) is 6.06. The quantitative estimate of drug-likeness (QED) is 0.781. The summed E-state index contributed by atoms with van der Waals surface area (Å²) in [6.45, 7) is 0.307. The molecule has 0 bridgehead atoms. The molecule has 0 aromatic heterocycles. The molecule has 0 saturated heterocycles. The highest BCUT2D eigenvalue weighted by Crippen LogP contribution is 2.32. The Morgan fingerprint density at radius 3 is 2.38 bits per heavy atom. The molecule has 3 nitrogen and oxygen atoms in total. The van der Waals surface area contributed by atoms with Crippen molar-refractivity contribution >= 4 is 31.9 Å². The first-order valence-electron chi connectivity index (χ1n) is 3.69. The molecule has 13 heavy (non-hydrogen) atoms. The molecular formula is C8H10Br2N2O. The van der Waals surface area contributed by atoms with E-state index in [1.165, 1.54) is 0 Å². The number of halogens is 2. The van der Waals surface area contributed by atoms with Crippen molar-refractivity contribution in [2.75, 3.05) is 6.54 Å². The lowest BCUT2D eigenvalue weighted by atomic mass is 10.1. The molecule has 0 unspecified atom stereocenters. The summed E-state index contributed by atoms with van der Waals surface area (Å²) < 4.78 is 1.64. The molecule has 5 heteroatoms. The average molecular weight is 310 g/mol. The van der Waals surface area contributed by atoms with E-state index in [1.54, 1.807) is 12.1 Å². The van der Waals surface area contributed by atoms with Crippen LogP contribution < -0.4 is 11.5 Å². The lowest BCUT2D eigenvalue weighted by molar-refractivity contribution is 0.461. The third-order valence-corrected chi connectivity index (χ3v) is 3.57. The molecule has 1 aromatic rings. The summed E-state index contributed by atoms with van der Waals surface area (Å²) in [4.78, 5) is 0. The molecule has 5 N–H and O–H groups in total. The van der Waals surface area contributed by atoms with Gasteiger partial charge in [0, 0.05) is 27.1 Å². The third kappa shape index (κ3) is 2.43. The van der Waals surface area contributed by atoms with Gasteiger partial charge in [-0.05, 0) is 44.0 Å². The average Bonchev–Trinajstić information content (AvgIpc) is 2.10. The minimum Gasteiger partial charge on any atom is -0.508 e. The fourth-order valence-electron chi connectivity index (χ4n) is 0.976. The Hall–Kier alpha value is -0.100. The van der Waals surface area contributed by atoms with Gasteiger partial charge in [0.1, 0.15) is 5.75 Å². The van der Waals surface area contributed by atoms with Crippen LogP contribution in [0, 0.1) is 0 Å². The molecule has 1 atom stereocenters. The number of rotatable bonds is 2. The maximum absolute atomic E-state index is 9.53. The van der Waals surface area contributed by atoms with Gasteiger partial charge in [0.15, 0.2) is 0 Å². The SMILES string of the molecule is NC[C@@H](N)c1cc(Br)c(Br)cc1O. The van der Waals surface area contributed by atoms with Crippen LogP contribution in [0.2, 0.25) is 0 Å². The monoisotopic (exact) mass is 308 g/mol. The summed E-state index contributed by atoms with van der Waals surface area (Å²) in [6, 6.07) is 3.02. The van der Waals surface area contributed by atoms with E-state index in [9.17, 15) is 5.11 Å². The van der Waals surface area contributed by atoms with Crippen LogP contribution in [0.4, 0.5) is 0 Å². The summed E-state index contributed by atoms with van der Waals surface area (Å²) in [6.07, 6.45) is 0. The molecule has 0 aliphatic rings. The van der Waals surface area contributed by atoms with Crippen molar-refractivity contribution in [3.63, 3.8) is 0 Å². The Labute approximate surface area is 93.4 Å². The van der Waals surface area contributed by atoms with Crippen LogP contribution in [0.25, 0.3) is 0 Å². The topological polar surface area (TPSA) is 72.3 Å². The van der Waals surface area contributed by atoms with E-state index in [1.807, 2.05) is 0 Å². The molecule has 0 radical (unpaired) electrons. The molecule has 0 heterocycles. The Morgan fingerprint density at radius 1 is 1.31 bits per heavy atom. The van der Waals surface area contributed by atoms with Crippen LogP contribution in [0.5, 0.6) is 5.75 Å². The Balaban J connectivity index is 3.15. The Kier molecular flexibility index (Phi) is 3.73. The van der Waals surface area contributed by atoms with Crippen molar-refractivity contribution in [2.24, 2.45) is 11.5 Å². The van der Waals surface area contributed by atoms with Gasteiger partial charge in [-0.1, -0.05) is 0 Å². The molecule has 0 fully saturated rings. The Bertz CT molecular complexity index is 317. The lowest BCUT2D eigenvalue weighted by Gasteiger charge is -2.12. The highest BCUT2D eigenvalue weighted by Gasteiger charge is 2.11. The van der Waals surface area contributed by atoms with E-state index in [-0.39, 0.29) is 11.8 Å². The van der Waals surface area contributed by atoms with Crippen molar-refractivity contribution in [3.8, 4) is 5.75 Å². The molecule has 0 aliphatic carbocycles. The van der Waals surface area contributed by atoms with Gasteiger partial charge in [-0.2, -0.15) is 0 Å². The highest BCUT2D eigenvalue weighted by atomic mass is 79.9. The zero-order valence-corrected chi connectivity index (χ0v) is 9.97. The van der Waals surface area contributed by atoms with E-state index < -0.39 is 0 Å². The normalized spacial score (nSPS) is 12.9. The molecular weight excluding hydrogens is 300 g/mol. The summed E-state index contributed by atoms with van der Waals surface area (Å²) in [5, 5.41) is 9.53. The van der Waals surface area contributed by atoms with Gasteiger partial charge in [0.2, 0.25) is 0 Å². The van der Waals surface area contributed by atoms with E-state index in [2.05, 4.69) is 31.9 Å².